The van der Waals surface area contributed by atoms with E-state index >= 15 is 0 Å². The van der Waals surface area contributed by atoms with Crippen LogP contribution in [0.5, 0.6) is 0 Å². The fourth-order valence-corrected chi connectivity index (χ4v) is 3.06. The first-order valence-electron chi connectivity index (χ1n) is 10.2. The normalized spacial score (nSPS) is 18.3. The summed E-state index contributed by atoms with van der Waals surface area (Å²) in [6.07, 6.45) is -1.04. The van der Waals surface area contributed by atoms with Crippen LogP contribution in [0.3, 0.4) is 0 Å². The summed E-state index contributed by atoms with van der Waals surface area (Å²) >= 11 is 0. The maximum absolute atomic E-state index is 13.3. The molecule has 0 aromatic carbocycles. The molecule has 1 N–H and O–H groups in total. The summed E-state index contributed by atoms with van der Waals surface area (Å²) < 4.78 is 15.2. The fraction of sp³-hybridized carbons (Fsp3) is 0.800. The molecule has 2 atom stereocenters. The number of nitrogens with one attached hydrogen (secondary N) is 1. The molecular formula is C20H35N3O7. The van der Waals surface area contributed by atoms with Gasteiger partial charge in [0.05, 0.1) is 13.7 Å². The molecule has 2 unspecified atom stereocenters. The summed E-state index contributed by atoms with van der Waals surface area (Å²) in [4.78, 5) is 52.9. The molecule has 0 aliphatic carbocycles. The number of carbonyl (C=O) groups excluding carboxylic acids is 4. The van der Waals surface area contributed by atoms with E-state index in [0.29, 0.717) is 0 Å². The Morgan fingerprint density at radius 2 is 1.73 bits per heavy atom. The van der Waals surface area contributed by atoms with E-state index in [1.807, 2.05) is 0 Å². The third kappa shape index (κ3) is 7.38. The van der Waals surface area contributed by atoms with Crippen molar-refractivity contribution < 1.29 is 33.4 Å². The van der Waals surface area contributed by atoms with Crippen molar-refractivity contribution >= 4 is 24.1 Å². The zero-order valence-electron chi connectivity index (χ0n) is 19.0. The highest BCUT2D eigenvalue weighted by Gasteiger charge is 2.39. The van der Waals surface area contributed by atoms with E-state index in [1.54, 1.807) is 41.5 Å². The first kappa shape index (κ1) is 25.5. The van der Waals surface area contributed by atoms with E-state index in [-0.39, 0.29) is 38.6 Å². The lowest BCUT2D eigenvalue weighted by Crippen LogP contribution is -2.56. The second-order valence-corrected chi connectivity index (χ2v) is 8.41. The monoisotopic (exact) mass is 429 g/mol. The largest absolute Gasteiger partial charge is 0.464 e. The first-order valence-corrected chi connectivity index (χ1v) is 10.2. The molecule has 1 aliphatic rings. The SMILES string of the molecule is CCOC(=O)C1CCN(C(=O)OC(C)(C)C)CCN1C(=O)C(NC(=O)OC)C(C)C. The van der Waals surface area contributed by atoms with Crippen LogP contribution in [0.4, 0.5) is 9.59 Å². The number of amides is 3. The van der Waals surface area contributed by atoms with Crippen molar-refractivity contribution in [2.75, 3.05) is 33.4 Å². The van der Waals surface area contributed by atoms with E-state index in [2.05, 4.69) is 10.1 Å². The molecule has 0 radical (unpaired) electrons. The number of hydrogen-bond donors (Lipinski definition) is 1. The Hall–Kier alpha value is -2.52. The van der Waals surface area contributed by atoms with E-state index in [0.717, 1.165) is 0 Å². The van der Waals surface area contributed by atoms with Gasteiger partial charge >= 0.3 is 18.2 Å². The lowest BCUT2D eigenvalue weighted by Gasteiger charge is -2.32. The predicted molar refractivity (Wildman–Crippen MR) is 109 cm³/mol. The fourth-order valence-electron chi connectivity index (χ4n) is 3.06. The number of nitrogens with zero attached hydrogens (tertiary/aromatic N) is 2. The van der Waals surface area contributed by atoms with Crippen molar-refractivity contribution in [2.45, 2.75) is 65.6 Å². The van der Waals surface area contributed by atoms with Gasteiger partial charge in [0.15, 0.2) is 0 Å². The van der Waals surface area contributed by atoms with Crippen molar-refractivity contribution in [1.82, 2.24) is 15.1 Å². The van der Waals surface area contributed by atoms with Gasteiger partial charge in [-0.15, -0.1) is 0 Å². The van der Waals surface area contributed by atoms with Crippen LogP contribution in [0.1, 0.15) is 48.0 Å². The predicted octanol–water partition coefficient (Wildman–Crippen LogP) is 1.77. The molecule has 0 saturated carbocycles. The Bertz CT molecular complexity index is 630. The third-order valence-corrected chi connectivity index (χ3v) is 4.54. The van der Waals surface area contributed by atoms with Crippen LogP contribution >= 0.6 is 0 Å². The van der Waals surface area contributed by atoms with Crippen LogP contribution in [-0.2, 0) is 23.8 Å². The zero-order chi connectivity index (χ0) is 23.1. The van der Waals surface area contributed by atoms with Gasteiger partial charge in [-0.05, 0) is 40.0 Å². The Morgan fingerprint density at radius 3 is 2.23 bits per heavy atom. The van der Waals surface area contributed by atoms with Crippen molar-refractivity contribution in [2.24, 2.45) is 5.92 Å². The van der Waals surface area contributed by atoms with Crippen LogP contribution in [0, 0.1) is 5.92 Å². The van der Waals surface area contributed by atoms with Gasteiger partial charge in [0.1, 0.15) is 17.7 Å². The Morgan fingerprint density at radius 1 is 1.10 bits per heavy atom. The summed E-state index contributed by atoms with van der Waals surface area (Å²) in [5.74, 6) is -1.22. The number of rotatable bonds is 5. The number of carbonyl (C=O) groups is 4. The van der Waals surface area contributed by atoms with Crippen LogP contribution in [-0.4, -0.2) is 84.9 Å². The Balaban J connectivity index is 3.11. The van der Waals surface area contributed by atoms with E-state index in [9.17, 15) is 19.2 Å². The number of ether oxygens (including phenoxy) is 3. The minimum absolute atomic E-state index is 0.105. The van der Waals surface area contributed by atoms with Gasteiger partial charge in [0, 0.05) is 19.6 Å². The zero-order valence-corrected chi connectivity index (χ0v) is 19.0. The molecule has 10 heteroatoms. The second-order valence-electron chi connectivity index (χ2n) is 8.41. The average molecular weight is 430 g/mol. The van der Waals surface area contributed by atoms with Crippen molar-refractivity contribution in [3.8, 4) is 0 Å². The standard InChI is InChI=1S/C20H35N3O7/c1-8-29-17(25)14-9-10-22(19(27)30-20(4,5)6)11-12-23(14)16(24)15(13(2)3)21-18(26)28-7/h13-15H,8-12H2,1-7H3,(H,21,26). The highest BCUT2D eigenvalue weighted by molar-refractivity contribution is 5.90. The third-order valence-electron chi connectivity index (χ3n) is 4.54. The van der Waals surface area contributed by atoms with E-state index < -0.39 is 41.7 Å². The highest BCUT2D eigenvalue weighted by Crippen LogP contribution is 2.19. The van der Waals surface area contributed by atoms with Crippen LogP contribution in [0.25, 0.3) is 0 Å². The maximum atomic E-state index is 13.3. The van der Waals surface area contributed by atoms with Gasteiger partial charge < -0.3 is 29.3 Å². The molecule has 1 saturated heterocycles. The molecule has 1 rings (SSSR count). The quantitative estimate of drug-likeness (QED) is 0.523. The molecule has 1 heterocycles. The van der Waals surface area contributed by atoms with Crippen molar-refractivity contribution in [3.63, 3.8) is 0 Å². The number of methoxy groups -OCH3 is 1. The van der Waals surface area contributed by atoms with Gasteiger partial charge in [-0.2, -0.15) is 0 Å². The average Bonchev–Trinajstić information content (AvgIpc) is 2.87. The molecule has 30 heavy (non-hydrogen) atoms. The molecule has 172 valence electrons. The Labute approximate surface area is 178 Å². The van der Waals surface area contributed by atoms with Gasteiger partial charge in [-0.1, -0.05) is 13.8 Å². The van der Waals surface area contributed by atoms with Gasteiger partial charge in [-0.25, -0.2) is 14.4 Å². The van der Waals surface area contributed by atoms with Crippen LogP contribution in [0.2, 0.25) is 0 Å². The molecule has 0 spiro atoms. The first-order chi connectivity index (χ1) is 13.9. The number of hydrogen-bond acceptors (Lipinski definition) is 7. The van der Waals surface area contributed by atoms with E-state index in [1.165, 1.54) is 16.9 Å². The van der Waals surface area contributed by atoms with Crippen LogP contribution in [0.15, 0.2) is 0 Å². The molecule has 1 fully saturated rings. The second kappa shape index (κ2) is 11.0. The van der Waals surface area contributed by atoms with E-state index in [4.69, 9.17) is 9.47 Å². The summed E-state index contributed by atoms with van der Waals surface area (Å²) in [5.41, 5.74) is -0.660. The number of esters is 1. The summed E-state index contributed by atoms with van der Waals surface area (Å²) in [5, 5.41) is 2.53. The molecule has 3 amide bonds. The molecule has 10 nitrogen and oxygen atoms in total. The van der Waals surface area contributed by atoms with Crippen molar-refractivity contribution in [1.29, 1.82) is 0 Å². The molecule has 0 aromatic rings. The summed E-state index contributed by atoms with van der Waals surface area (Å²) in [6.45, 7) is 11.3. The Kier molecular flexibility index (Phi) is 9.38. The lowest BCUT2D eigenvalue weighted by molar-refractivity contribution is -0.155. The topological polar surface area (TPSA) is 114 Å². The van der Waals surface area contributed by atoms with Gasteiger partial charge in [0.25, 0.3) is 0 Å². The summed E-state index contributed by atoms with van der Waals surface area (Å²) in [7, 11) is 1.21. The smallest absolute Gasteiger partial charge is 0.410 e. The van der Waals surface area contributed by atoms with Gasteiger partial charge in [-0.3, -0.25) is 4.79 Å². The molecule has 0 bridgehead atoms. The van der Waals surface area contributed by atoms with Gasteiger partial charge in [0.2, 0.25) is 5.91 Å². The summed E-state index contributed by atoms with van der Waals surface area (Å²) in [6, 6.07) is -1.76. The number of alkyl carbamates (subject to hydrolysis) is 1. The minimum Gasteiger partial charge on any atom is -0.464 e. The maximum Gasteiger partial charge on any atom is 0.410 e. The minimum atomic E-state index is -0.887. The molecular weight excluding hydrogens is 394 g/mol. The highest BCUT2D eigenvalue weighted by atomic mass is 16.6. The molecule has 1 aliphatic heterocycles. The van der Waals surface area contributed by atoms with Crippen LogP contribution < -0.4 is 5.32 Å². The molecule has 0 aromatic heterocycles. The lowest BCUT2D eigenvalue weighted by atomic mass is 10.0. The van der Waals surface area contributed by atoms with Crippen molar-refractivity contribution in [3.05, 3.63) is 0 Å².